The van der Waals surface area contributed by atoms with Gasteiger partial charge in [-0.05, 0) is 6.92 Å². The first-order valence-electron chi connectivity index (χ1n) is 4.79. The Morgan fingerprint density at radius 1 is 1.38 bits per heavy atom. The second-order valence-electron chi connectivity index (χ2n) is 2.93. The predicted molar refractivity (Wildman–Crippen MR) is 60.3 cm³/mol. The molecule has 0 aromatic carbocycles. The molecule has 0 unspecified atom stereocenters. The highest BCUT2D eigenvalue weighted by Gasteiger charge is 2.07. The van der Waals surface area contributed by atoms with Crippen LogP contribution in [-0.2, 0) is 6.42 Å². The molecular weight excluding hydrogens is 226 g/mol. The summed E-state index contributed by atoms with van der Waals surface area (Å²) in [6, 6.07) is 0.265. The van der Waals surface area contributed by atoms with Gasteiger partial charge in [-0.1, -0.05) is 0 Å². The minimum Gasteiger partial charge on any atom is -0.464 e. The first-order chi connectivity index (χ1) is 7.78. The molecule has 0 spiro atoms. The van der Waals surface area contributed by atoms with Gasteiger partial charge in [0, 0.05) is 11.6 Å². The molecule has 0 aliphatic heterocycles. The quantitative estimate of drug-likeness (QED) is 0.850. The average Bonchev–Trinajstić information content (AvgIpc) is 2.70. The van der Waals surface area contributed by atoms with Gasteiger partial charge in [0.15, 0.2) is 0 Å². The fraction of sp³-hybridized carbons (Fsp3) is 0.333. The van der Waals surface area contributed by atoms with Crippen LogP contribution in [0.2, 0.25) is 0 Å². The highest BCUT2D eigenvalue weighted by molar-refractivity contribution is 7.09. The van der Waals surface area contributed by atoms with Crippen molar-refractivity contribution >= 4 is 17.3 Å². The Hall–Kier alpha value is -1.76. The summed E-state index contributed by atoms with van der Waals surface area (Å²) in [6.07, 6.45) is 2.29. The van der Waals surface area contributed by atoms with Gasteiger partial charge in [-0.3, -0.25) is 0 Å². The lowest BCUT2D eigenvalue weighted by molar-refractivity contribution is 0.310. The number of nitrogen functional groups attached to an aromatic ring is 1. The molecule has 2 aromatic heterocycles. The Bertz CT molecular complexity index is 459. The molecule has 84 valence electrons. The van der Waals surface area contributed by atoms with Crippen LogP contribution in [0, 0.1) is 0 Å². The standard InChI is InChI=1S/C9H11N5OS/c1-2-15-9-13-6(12-8(10)14-9)5-7-11-3-4-16-7/h3-4H,2,5H2,1H3,(H2,10,12,13,14). The Labute approximate surface area is 96.6 Å². The summed E-state index contributed by atoms with van der Waals surface area (Å²) in [6.45, 7) is 2.36. The molecule has 16 heavy (non-hydrogen) atoms. The summed E-state index contributed by atoms with van der Waals surface area (Å²) < 4.78 is 5.19. The zero-order chi connectivity index (χ0) is 11.4. The molecule has 0 aliphatic rings. The summed E-state index contributed by atoms with van der Waals surface area (Å²) >= 11 is 1.55. The van der Waals surface area contributed by atoms with Crippen LogP contribution >= 0.6 is 11.3 Å². The van der Waals surface area contributed by atoms with Crippen molar-refractivity contribution in [2.24, 2.45) is 0 Å². The van der Waals surface area contributed by atoms with Gasteiger partial charge in [0.1, 0.15) is 10.8 Å². The van der Waals surface area contributed by atoms with Crippen molar-refractivity contribution in [2.45, 2.75) is 13.3 Å². The maximum absolute atomic E-state index is 5.56. The van der Waals surface area contributed by atoms with Crippen LogP contribution in [0.5, 0.6) is 6.01 Å². The number of nitrogens with two attached hydrogens (primary N) is 1. The molecule has 0 fully saturated rings. The summed E-state index contributed by atoms with van der Waals surface area (Å²) in [5.74, 6) is 0.746. The van der Waals surface area contributed by atoms with Crippen molar-refractivity contribution in [1.29, 1.82) is 0 Å². The number of anilines is 1. The number of hydrogen-bond donors (Lipinski definition) is 1. The van der Waals surface area contributed by atoms with Crippen LogP contribution in [0.3, 0.4) is 0 Å². The Kier molecular flexibility index (Phi) is 3.25. The van der Waals surface area contributed by atoms with Crippen molar-refractivity contribution < 1.29 is 4.74 Å². The molecule has 2 heterocycles. The van der Waals surface area contributed by atoms with E-state index in [2.05, 4.69) is 19.9 Å². The SMILES string of the molecule is CCOc1nc(N)nc(Cc2nccs2)n1. The summed E-state index contributed by atoms with van der Waals surface area (Å²) in [7, 11) is 0. The molecule has 0 bridgehead atoms. The van der Waals surface area contributed by atoms with E-state index in [1.54, 1.807) is 17.5 Å². The van der Waals surface area contributed by atoms with Crippen LogP contribution in [-0.4, -0.2) is 26.5 Å². The fourth-order valence-corrected chi connectivity index (χ4v) is 1.78. The molecule has 0 saturated carbocycles. The summed E-state index contributed by atoms with van der Waals surface area (Å²) in [5, 5.41) is 2.84. The molecule has 0 atom stereocenters. The molecule has 2 N–H and O–H groups in total. The molecule has 2 rings (SSSR count). The van der Waals surface area contributed by atoms with E-state index in [1.807, 2.05) is 12.3 Å². The molecule has 0 saturated heterocycles. The Balaban J connectivity index is 2.20. The zero-order valence-electron chi connectivity index (χ0n) is 8.75. The predicted octanol–water partition coefficient (Wildman–Crippen LogP) is 0.900. The van der Waals surface area contributed by atoms with Crippen molar-refractivity contribution in [3.63, 3.8) is 0 Å². The number of rotatable bonds is 4. The third-order valence-electron chi connectivity index (χ3n) is 1.74. The van der Waals surface area contributed by atoms with E-state index in [0.29, 0.717) is 18.9 Å². The number of ether oxygens (including phenoxy) is 1. The van der Waals surface area contributed by atoms with Gasteiger partial charge in [0.2, 0.25) is 5.95 Å². The van der Waals surface area contributed by atoms with Gasteiger partial charge in [-0.25, -0.2) is 4.98 Å². The Morgan fingerprint density at radius 2 is 2.25 bits per heavy atom. The molecule has 7 heteroatoms. The minimum absolute atomic E-state index is 0.171. The second kappa shape index (κ2) is 4.84. The van der Waals surface area contributed by atoms with Gasteiger partial charge in [0.05, 0.1) is 13.0 Å². The number of hydrogen-bond acceptors (Lipinski definition) is 7. The number of nitrogens with zero attached hydrogens (tertiary/aromatic N) is 4. The molecule has 2 aromatic rings. The van der Waals surface area contributed by atoms with Gasteiger partial charge in [-0.15, -0.1) is 11.3 Å². The lowest BCUT2D eigenvalue weighted by Crippen LogP contribution is -2.07. The fourth-order valence-electron chi connectivity index (χ4n) is 1.16. The first kappa shape index (κ1) is 10.7. The average molecular weight is 237 g/mol. The molecule has 6 nitrogen and oxygen atoms in total. The smallest absolute Gasteiger partial charge is 0.321 e. The van der Waals surface area contributed by atoms with Crippen LogP contribution in [0.4, 0.5) is 5.95 Å². The van der Waals surface area contributed by atoms with Crippen molar-refractivity contribution in [1.82, 2.24) is 19.9 Å². The van der Waals surface area contributed by atoms with E-state index in [9.17, 15) is 0 Å². The zero-order valence-corrected chi connectivity index (χ0v) is 9.57. The first-order valence-corrected chi connectivity index (χ1v) is 5.67. The molecule has 0 aliphatic carbocycles. The van der Waals surface area contributed by atoms with Crippen LogP contribution < -0.4 is 10.5 Å². The van der Waals surface area contributed by atoms with E-state index in [-0.39, 0.29) is 12.0 Å². The summed E-state index contributed by atoms with van der Waals surface area (Å²) in [4.78, 5) is 16.2. The molecule has 0 radical (unpaired) electrons. The van der Waals surface area contributed by atoms with Crippen LogP contribution in [0.15, 0.2) is 11.6 Å². The molecular formula is C9H11N5OS. The van der Waals surface area contributed by atoms with E-state index < -0.39 is 0 Å². The van der Waals surface area contributed by atoms with Gasteiger partial charge in [-0.2, -0.15) is 15.0 Å². The monoisotopic (exact) mass is 237 g/mol. The lowest BCUT2D eigenvalue weighted by atomic mass is 10.4. The lowest BCUT2D eigenvalue weighted by Gasteiger charge is -2.03. The molecule has 0 amide bonds. The van der Waals surface area contributed by atoms with E-state index in [0.717, 1.165) is 5.01 Å². The maximum atomic E-state index is 5.56. The van der Waals surface area contributed by atoms with Crippen molar-refractivity contribution in [3.8, 4) is 6.01 Å². The van der Waals surface area contributed by atoms with Crippen molar-refractivity contribution in [3.05, 3.63) is 22.4 Å². The minimum atomic E-state index is 0.171. The third-order valence-corrected chi connectivity index (χ3v) is 2.52. The highest BCUT2D eigenvalue weighted by Crippen LogP contribution is 2.11. The van der Waals surface area contributed by atoms with Crippen molar-refractivity contribution in [2.75, 3.05) is 12.3 Å². The normalized spacial score (nSPS) is 10.3. The van der Waals surface area contributed by atoms with Crippen LogP contribution in [0.25, 0.3) is 0 Å². The topological polar surface area (TPSA) is 86.8 Å². The number of aromatic nitrogens is 4. The van der Waals surface area contributed by atoms with E-state index >= 15 is 0 Å². The second-order valence-corrected chi connectivity index (χ2v) is 3.91. The number of thiazole rings is 1. The van der Waals surface area contributed by atoms with E-state index in [4.69, 9.17) is 10.5 Å². The largest absolute Gasteiger partial charge is 0.464 e. The van der Waals surface area contributed by atoms with Gasteiger partial charge < -0.3 is 10.5 Å². The van der Waals surface area contributed by atoms with Crippen LogP contribution in [0.1, 0.15) is 17.8 Å². The van der Waals surface area contributed by atoms with Gasteiger partial charge in [0.25, 0.3) is 0 Å². The van der Waals surface area contributed by atoms with E-state index in [1.165, 1.54) is 0 Å². The maximum Gasteiger partial charge on any atom is 0.321 e. The third kappa shape index (κ3) is 2.63. The summed E-state index contributed by atoms with van der Waals surface area (Å²) in [5.41, 5.74) is 5.56. The van der Waals surface area contributed by atoms with Gasteiger partial charge >= 0.3 is 6.01 Å². The Morgan fingerprint density at radius 3 is 2.94 bits per heavy atom. The highest BCUT2D eigenvalue weighted by atomic mass is 32.1.